The van der Waals surface area contributed by atoms with Crippen LogP contribution in [0.5, 0.6) is 0 Å². The van der Waals surface area contributed by atoms with Gasteiger partial charge >= 0.3 is 0 Å². The van der Waals surface area contributed by atoms with Crippen molar-refractivity contribution in [1.29, 1.82) is 0 Å². The molecule has 1 atom stereocenters. The number of amides is 2. The number of benzene rings is 2. The van der Waals surface area contributed by atoms with Crippen LogP contribution in [0.25, 0.3) is 0 Å². The molecule has 7 nitrogen and oxygen atoms in total. The van der Waals surface area contributed by atoms with Crippen LogP contribution in [-0.4, -0.2) is 38.9 Å². The molecule has 0 unspecified atom stereocenters. The van der Waals surface area contributed by atoms with E-state index in [2.05, 4.69) is 20.8 Å². The standard InChI is InChI=1S/C25H29Cl2N5O2S/c1-4-32-23(22(16(2)3)29-24(34)18-10-11-19(26)20(27)14-18)30-31-25(32)35-15-21(33)28-13-12-17-8-6-5-7-9-17/h5-11,14,16,22H,4,12-13,15H2,1-3H3,(H,28,33)(H,29,34)/t22-/m1/s1. The van der Waals surface area contributed by atoms with Gasteiger partial charge in [0, 0.05) is 18.7 Å². The number of nitrogens with one attached hydrogen (secondary N) is 2. The molecule has 2 N–H and O–H groups in total. The van der Waals surface area contributed by atoms with E-state index >= 15 is 0 Å². The van der Waals surface area contributed by atoms with Gasteiger partial charge in [0.15, 0.2) is 11.0 Å². The highest BCUT2D eigenvalue weighted by Gasteiger charge is 2.26. The van der Waals surface area contributed by atoms with Crippen LogP contribution in [0.2, 0.25) is 10.0 Å². The zero-order chi connectivity index (χ0) is 25.4. The Labute approximate surface area is 220 Å². The summed E-state index contributed by atoms with van der Waals surface area (Å²) in [7, 11) is 0. The molecule has 0 saturated carbocycles. The molecule has 0 radical (unpaired) electrons. The number of halogens is 2. The van der Waals surface area contributed by atoms with Gasteiger partial charge in [-0.3, -0.25) is 9.59 Å². The summed E-state index contributed by atoms with van der Waals surface area (Å²) in [6, 6.07) is 14.4. The summed E-state index contributed by atoms with van der Waals surface area (Å²) in [4.78, 5) is 25.2. The molecule has 3 aromatic rings. The van der Waals surface area contributed by atoms with E-state index in [4.69, 9.17) is 23.2 Å². The van der Waals surface area contributed by atoms with Gasteiger partial charge in [-0.1, -0.05) is 79.1 Å². The number of aromatic nitrogens is 3. The van der Waals surface area contributed by atoms with E-state index < -0.39 is 0 Å². The fourth-order valence-electron chi connectivity index (χ4n) is 3.50. The monoisotopic (exact) mass is 533 g/mol. The third kappa shape index (κ3) is 7.46. The number of rotatable bonds is 11. The zero-order valence-corrected chi connectivity index (χ0v) is 22.3. The van der Waals surface area contributed by atoms with Crippen molar-refractivity contribution in [2.24, 2.45) is 5.92 Å². The molecular weight excluding hydrogens is 505 g/mol. The summed E-state index contributed by atoms with van der Waals surface area (Å²) in [5.41, 5.74) is 1.59. The van der Waals surface area contributed by atoms with Crippen LogP contribution < -0.4 is 10.6 Å². The lowest BCUT2D eigenvalue weighted by molar-refractivity contribution is -0.118. The lowest BCUT2D eigenvalue weighted by Crippen LogP contribution is -2.33. The Kier molecular flexibility index (Phi) is 10.0. The van der Waals surface area contributed by atoms with Crippen LogP contribution in [0, 0.1) is 5.92 Å². The molecule has 35 heavy (non-hydrogen) atoms. The first-order chi connectivity index (χ1) is 16.8. The number of carbonyl (C=O) groups is 2. The molecule has 0 fully saturated rings. The molecule has 0 spiro atoms. The fourth-order valence-corrected chi connectivity index (χ4v) is 4.63. The number of hydrogen-bond donors (Lipinski definition) is 2. The topological polar surface area (TPSA) is 88.9 Å². The quantitative estimate of drug-likeness (QED) is 0.331. The minimum Gasteiger partial charge on any atom is -0.355 e. The molecule has 0 aliphatic rings. The summed E-state index contributed by atoms with van der Waals surface area (Å²) in [6.45, 7) is 7.16. The third-order valence-electron chi connectivity index (χ3n) is 5.39. The van der Waals surface area contributed by atoms with Gasteiger partial charge in [-0.25, -0.2) is 0 Å². The molecule has 2 amide bonds. The second kappa shape index (κ2) is 13.0. The van der Waals surface area contributed by atoms with E-state index in [9.17, 15) is 9.59 Å². The van der Waals surface area contributed by atoms with Gasteiger partial charge in [-0.2, -0.15) is 0 Å². The SMILES string of the molecule is CCn1c(SCC(=O)NCCc2ccccc2)nnc1[C@H](NC(=O)c1ccc(Cl)c(Cl)c1)C(C)C. The van der Waals surface area contributed by atoms with Gasteiger partial charge in [-0.15, -0.1) is 10.2 Å². The Bertz CT molecular complexity index is 1150. The Morgan fingerprint density at radius 3 is 2.46 bits per heavy atom. The summed E-state index contributed by atoms with van der Waals surface area (Å²) < 4.78 is 1.93. The lowest BCUT2D eigenvalue weighted by Gasteiger charge is -2.22. The Balaban J connectivity index is 1.63. The number of nitrogens with zero attached hydrogens (tertiary/aromatic N) is 3. The highest BCUT2D eigenvalue weighted by Crippen LogP contribution is 2.27. The molecule has 186 valence electrons. The normalized spacial score (nSPS) is 11.9. The summed E-state index contributed by atoms with van der Waals surface area (Å²) in [6.07, 6.45) is 0.779. The van der Waals surface area contributed by atoms with Crippen LogP contribution in [0.3, 0.4) is 0 Å². The van der Waals surface area contributed by atoms with Crippen molar-refractivity contribution in [3.63, 3.8) is 0 Å². The first-order valence-corrected chi connectivity index (χ1v) is 13.2. The molecule has 0 bridgehead atoms. The van der Waals surface area contributed by atoms with E-state index in [1.54, 1.807) is 18.2 Å². The predicted octanol–water partition coefficient (Wildman–Crippen LogP) is 5.18. The van der Waals surface area contributed by atoms with E-state index in [0.29, 0.717) is 39.7 Å². The zero-order valence-electron chi connectivity index (χ0n) is 19.9. The fraction of sp³-hybridized carbons (Fsp3) is 0.360. The molecule has 0 aliphatic carbocycles. The van der Waals surface area contributed by atoms with E-state index in [1.165, 1.54) is 17.3 Å². The molecule has 10 heteroatoms. The van der Waals surface area contributed by atoms with Gasteiger partial charge in [-0.05, 0) is 43.0 Å². The Hall–Kier alpha value is -2.55. The second-order valence-electron chi connectivity index (χ2n) is 8.28. The molecule has 0 saturated heterocycles. The van der Waals surface area contributed by atoms with Crippen molar-refractivity contribution in [1.82, 2.24) is 25.4 Å². The van der Waals surface area contributed by atoms with Crippen LogP contribution in [0.1, 0.15) is 48.6 Å². The maximum atomic E-state index is 12.9. The highest BCUT2D eigenvalue weighted by molar-refractivity contribution is 7.99. The largest absolute Gasteiger partial charge is 0.355 e. The molecule has 0 aliphatic heterocycles. The van der Waals surface area contributed by atoms with Crippen LogP contribution in [0.4, 0.5) is 0 Å². The van der Waals surface area contributed by atoms with Crippen LogP contribution >= 0.6 is 35.0 Å². The van der Waals surface area contributed by atoms with Gasteiger partial charge in [0.1, 0.15) is 0 Å². The average molecular weight is 535 g/mol. The van der Waals surface area contributed by atoms with E-state index in [-0.39, 0.29) is 29.5 Å². The summed E-state index contributed by atoms with van der Waals surface area (Å²) in [5.74, 6) is 0.583. The smallest absolute Gasteiger partial charge is 0.251 e. The number of carbonyl (C=O) groups excluding carboxylic acids is 2. The average Bonchev–Trinajstić information content (AvgIpc) is 3.25. The maximum Gasteiger partial charge on any atom is 0.251 e. The van der Waals surface area contributed by atoms with Crippen molar-refractivity contribution in [3.05, 3.63) is 75.5 Å². The Morgan fingerprint density at radius 1 is 1.06 bits per heavy atom. The van der Waals surface area contributed by atoms with Gasteiger partial charge in [0.2, 0.25) is 5.91 Å². The van der Waals surface area contributed by atoms with Crippen LogP contribution in [0.15, 0.2) is 53.7 Å². The minimum atomic E-state index is -0.376. The number of hydrogen-bond acceptors (Lipinski definition) is 5. The van der Waals surface area contributed by atoms with Crippen molar-refractivity contribution >= 4 is 46.8 Å². The molecule has 2 aromatic carbocycles. The maximum absolute atomic E-state index is 12.9. The first-order valence-electron chi connectivity index (χ1n) is 11.4. The van der Waals surface area contributed by atoms with Crippen molar-refractivity contribution < 1.29 is 9.59 Å². The van der Waals surface area contributed by atoms with Crippen molar-refractivity contribution in [3.8, 4) is 0 Å². The van der Waals surface area contributed by atoms with E-state index in [0.717, 1.165) is 6.42 Å². The van der Waals surface area contributed by atoms with Crippen molar-refractivity contribution in [2.45, 2.75) is 44.9 Å². The van der Waals surface area contributed by atoms with E-state index in [1.807, 2.05) is 55.7 Å². The Morgan fingerprint density at radius 2 is 1.80 bits per heavy atom. The minimum absolute atomic E-state index is 0.0513. The molecule has 1 heterocycles. The van der Waals surface area contributed by atoms with Gasteiger partial charge < -0.3 is 15.2 Å². The first kappa shape index (κ1) is 27.0. The second-order valence-corrected chi connectivity index (χ2v) is 10.0. The highest BCUT2D eigenvalue weighted by atomic mass is 35.5. The lowest BCUT2D eigenvalue weighted by atomic mass is 10.0. The summed E-state index contributed by atoms with van der Waals surface area (Å²) in [5, 5.41) is 16.0. The van der Waals surface area contributed by atoms with Crippen LogP contribution in [-0.2, 0) is 17.8 Å². The molecule has 1 aromatic heterocycles. The van der Waals surface area contributed by atoms with Crippen molar-refractivity contribution in [2.75, 3.05) is 12.3 Å². The summed E-state index contributed by atoms with van der Waals surface area (Å²) >= 11 is 13.4. The molecular formula is C25H29Cl2N5O2S. The van der Waals surface area contributed by atoms with Gasteiger partial charge in [0.25, 0.3) is 5.91 Å². The third-order valence-corrected chi connectivity index (χ3v) is 7.09. The predicted molar refractivity (Wildman–Crippen MR) is 141 cm³/mol. The number of thioether (sulfide) groups is 1. The van der Waals surface area contributed by atoms with Gasteiger partial charge in [0.05, 0.1) is 21.8 Å². The molecule has 3 rings (SSSR count).